The number of aromatic nitrogens is 1. The maximum Gasteiger partial charge on any atom is 0.0931 e. The van der Waals surface area contributed by atoms with E-state index in [2.05, 4.69) is 84.2 Å². The van der Waals surface area contributed by atoms with Gasteiger partial charge < -0.3 is 15.2 Å². The second-order valence-electron chi connectivity index (χ2n) is 7.21. The van der Waals surface area contributed by atoms with Gasteiger partial charge >= 0.3 is 0 Å². The van der Waals surface area contributed by atoms with Crippen LogP contribution in [0.3, 0.4) is 0 Å². The summed E-state index contributed by atoms with van der Waals surface area (Å²) in [5.41, 5.74) is 4.75. The molecule has 0 bridgehead atoms. The molecule has 3 heteroatoms. The van der Waals surface area contributed by atoms with E-state index < -0.39 is 0 Å². The van der Waals surface area contributed by atoms with Gasteiger partial charge in [-0.2, -0.15) is 0 Å². The zero-order valence-electron chi connectivity index (χ0n) is 16.5. The Labute approximate surface area is 162 Å². The summed E-state index contributed by atoms with van der Waals surface area (Å²) >= 11 is 0. The third kappa shape index (κ3) is 5.15. The molecule has 0 fully saturated rings. The first-order valence-electron chi connectivity index (χ1n) is 9.78. The second-order valence-corrected chi connectivity index (χ2v) is 7.21. The number of aryl methyl sites for hydroxylation is 1. The zero-order chi connectivity index (χ0) is 19.1. The van der Waals surface area contributed by atoms with Gasteiger partial charge in [-0.3, -0.25) is 0 Å². The molecule has 3 nitrogen and oxygen atoms in total. The summed E-state index contributed by atoms with van der Waals surface area (Å²) in [7, 11) is 0. The van der Waals surface area contributed by atoms with Crippen LogP contribution in [-0.4, -0.2) is 17.7 Å². The molecule has 140 valence electrons. The molecule has 0 spiro atoms. The van der Waals surface area contributed by atoms with Crippen LogP contribution in [0, 0.1) is 17.8 Å². The van der Waals surface area contributed by atoms with Crippen molar-refractivity contribution in [1.82, 2.24) is 9.88 Å². The Kier molecular flexibility index (Phi) is 6.57. The molecule has 0 saturated heterocycles. The predicted molar refractivity (Wildman–Crippen MR) is 116 cm³/mol. The lowest BCUT2D eigenvalue weighted by atomic mass is 10.1. The molecule has 0 atom stereocenters. The first-order chi connectivity index (χ1) is 13.2. The van der Waals surface area contributed by atoms with Crippen molar-refractivity contribution in [1.29, 1.82) is 0 Å². The van der Waals surface area contributed by atoms with Gasteiger partial charge in [-0.25, -0.2) is 0 Å². The quantitative estimate of drug-likeness (QED) is 0.589. The lowest BCUT2D eigenvalue weighted by molar-refractivity contribution is 0.552. The van der Waals surface area contributed by atoms with E-state index in [0.717, 1.165) is 31.0 Å². The van der Waals surface area contributed by atoms with Gasteiger partial charge in [0, 0.05) is 29.7 Å². The molecule has 0 aliphatic heterocycles. The fourth-order valence-corrected chi connectivity index (χ4v) is 3.22. The van der Waals surface area contributed by atoms with Crippen LogP contribution >= 0.6 is 0 Å². The van der Waals surface area contributed by atoms with E-state index in [0.29, 0.717) is 12.5 Å². The third-order valence-corrected chi connectivity index (χ3v) is 4.53. The van der Waals surface area contributed by atoms with E-state index in [4.69, 9.17) is 0 Å². The van der Waals surface area contributed by atoms with E-state index >= 15 is 0 Å². The predicted octanol–water partition coefficient (Wildman–Crippen LogP) is 4.87. The Balaban J connectivity index is 1.72. The van der Waals surface area contributed by atoms with Gasteiger partial charge in [-0.05, 0) is 61.2 Å². The number of para-hydroxylation sites is 1. The monoisotopic (exact) mass is 359 g/mol. The van der Waals surface area contributed by atoms with Crippen molar-refractivity contribution < 1.29 is 0 Å². The van der Waals surface area contributed by atoms with Crippen LogP contribution < -0.4 is 10.6 Å². The van der Waals surface area contributed by atoms with Crippen molar-refractivity contribution in [3.8, 4) is 11.8 Å². The molecule has 2 N–H and O–H groups in total. The fraction of sp³-hybridized carbons (Fsp3) is 0.333. The van der Waals surface area contributed by atoms with Gasteiger partial charge in [0.2, 0.25) is 0 Å². The van der Waals surface area contributed by atoms with Crippen LogP contribution in [0.1, 0.15) is 32.0 Å². The summed E-state index contributed by atoms with van der Waals surface area (Å²) in [6.07, 6.45) is 0. The Morgan fingerprint density at radius 1 is 1.04 bits per heavy atom. The molecule has 27 heavy (non-hydrogen) atoms. The summed E-state index contributed by atoms with van der Waals surface area (Å²) in [6, 6.07) is 19.1. The Hall–Kier alpha value is -2.70. The number of hydrogen-bond donors (Lipinski definition) is 2. The highest BCUT2D eigenvalue weighted by Gasteiger charge is 2.06. The summed E-state index contributed by atoms with van der Waals surface area (Å²) in [6.45, 7) is 10.1. The average Bonchev–Trinajstić information content (AvgIpc) is 3.02. The highest BCUT2D eigenvalue weighted by molar-refractivity contribution is 5.83. The normalized spacial score (nSPS) is 10.8. The van der Waals surface area contributed by atoms with Crippen molar-refractivity contribution in [2.45, 2.75) is 33.9 Å². The van der Waals surface area contributed by atoms with E-state index in [1.54, 1.807) is 0 Å². The maximum absolute atomic E-state index is 3.52. The first-order valence-corrected chi connectivity index (χ1v) is 9.78. The molecule has 0 unspecified atom stereocenters. The second kappa shape index (κ2) is 9.30. The van der Waals surface area contributed by atoms with E-state index in [1.807, 2.05) is 18.2 Å². The van der Waals surface area contributed by atoms with Crippen molar-refractivity contribution in [3.63, 3.8) is 0 Å². The molecule has 0 aliphatic carbocycles. The highest BCUT2D eigenvalue weighted by Crippen LogP contribution is 2.21. The topological polar surface area (TPSA) is 29.0 Å². The Morgan fingerprint density at radius 2 is 1.85 bits per heavy atom. The number of benzene rings is 2. The summed E-state index contributed by atoms with van der Waals surface area (Å²) in [5.74, 6) is 7.26. The number of rotatable bonds is 7. The molecule has 3 rings (SSSR count). The van der Waals surface area contributed by atoms with Crippen LogP contribution in [0.25, 0.3) is 10.9 Å². The largest absolute Gasteiger partial charge is 0.374 e. The lowest BCUT2D eigenvalue weighted by Crippen LogP contribution is -2.18. The summed E-state index contributed by atoms with van der Waals surface area (Å²) < 4.78 is 2.29. The van der Waals surface area contributed by atoms with Gasteiger partial charge in [0.1, 0.15) is 0 Å². The highest BCUT2D eigenvalue weighted by atomic mass is 15.0. The van der Waals surface area contributed by atoms with Gasteiger partial charge in [0.05, 0.1) is 12.2 Å². The minimum absolute atomic E-state index is 0.639. The van der Waals surface area contributed by atoms with E-state index in [9.17, 15) is 0 Å². The molecule has 0 amide bonds. The van der Waals surface area contributed by atoms with Crippen LogP contribution in [0.2, 0.25) is 0 Å². The fourth-order valence-electron chi connectivity index (χ4n) is 3.22. The zero-order valence-corrected chi connectivity index (χ0v) is 16.5. The number of fused-ring (bicyclic) bond motifs is 1. The molecule has 0 saturated carbocycles. The Bertz CT molecular complexity index is 927. The standard InChI is InChI=1S/C24H29N3/c1-4-27-23(11-8-14-26-22-9-6-5-7-10-22)16-21-15-20(12-13-24(21)27)18-25-17-19(2)3/h5-7,9-10,12-13,15-16,19,25-26H,4,14,17-18H2,1-3H3. The van der Waals surface area contributed by atoms with Crippen molar-refractivity contribution in [2.24, 2.45) is 5.92 Å². The number of anilines is 1. The van der Waals surface area contributed by atoms with Crippen LogP contribution in [-0.2, 0) is 13.1 Å². The first kappa shape index (κ1) is 19.1. The van der Waals surface area contributed by atoms with Crippen LogP contribution in [0.15, 0.2) is 54.6 Å². The van der Waals surface area contributed by atoms with Gasteiger partial charge in [0.15, 0.2) is 0 Å². The number of nitrogens with zero attached hydrogens (tertiary/aromatic N) is 1. The van der Waals surface area contributed by atoms with Crippen molar-refractivity contribution in [3.05, 3.63) is 65.9 Å². The van der Waals surface area contributed by atoms with Gasteiger partial charge in [-0.15, -0.1) is 0 Å². The average molecular weight is 360 g/mol. The molecule has 0 radical (unpaired) electrons. The van der Waals surface area contributed by atoms with Crippen molar-refractivity contribution >= 4 is 16.6 Å². The smallest absolute Gasteiger partial charge is 0.0931 e. The summed E-state index contributed by atoms with van der Waals surface area (Å²) in [5, 5.41) is 8.12. The molecule has 3 aromatic rings. The number of hydrogen-bond acceptors (Lipinski definition) is 2. The number of nitrogens with one attached hydrogen (secondary N) is 2. The molecule has 1 aromatic heterocycles. The lowest BCUT2D eigenvalue weighted by Gasteiger charge is -2.08. The van der Waals surface area contributed by atoms with Gasteiger partial charge in [0.25, 0.3) is 0 Å². The molecule has 2 aromatic carbocycles. The third-order valence-electron chi connectivity index (χ3n) is 4.53. The maximum atomic E-state index is 3.52. The van der Waals surface area contributed by atoms with Crippen LogP contribution in [0.5, 0.6) is 0 Å². The van der Waals surface area contributed by atoms with Crippen LogP contribution in [0.4, 0.5) is 5.69 Å². The SMILES string of the molecule is CCn1c(C#CCNc2ccccc2)cc2cc(CNCC(C)C)ccc21. The Morgan fingerprint density at radius 3 is 2.59 bits per heavy atom. The molecule has 0 aliphatic rings. The van der Waals surface area contributed by atoms with Crippen molar-refractivity contribution in [2.75, 3.05) is 18.4 Å². The summed E-state index contributed by atoms with van der Waals surface area (Å²) in [4.78, 5) is 0. The van der Waals surface area contributed by atoms with E-state index in [-0.39, 0.29) is 0 Å². The minimum Gasteiger partial charge on any atom is -0.374 e. The molecule has 1 heterocycles. The molecular formula is C24H29N3. The van der Waals surface area contributed by atoms with E-state index in [1.165, 1.54) is 16.5 Å². The molecular weight excluding hydrogens is 330 g/mol. The minimum atomic E-state index is 0.639. The van der Waals surface area contributed by atoms with Gasteiger partial charge in [-0.1, -0.05) is 44.0 Å².